The van der Waals surface area contributed by atoms with Gasteiger partial charge in [-0.2, -0.15) is 0 Å². The van der Waals surface area contributed by atoms with Crippen molar-refractivity contribution >= 4 is 11.6 Å². The first-order chi connectivity index (χ1) is 9.65. The number of nitrogens with two attached hydrogens (primary N) is 1. The van der Waals surface area contributed by atoms with Crippen molar-refractivity contribution in [2.75, 3.05) is 25.1 Å². The van der Waals surface area contributed by atoms with Crippen LogP contribution in [-0.2, 0) is 14.3 Å². The molecule has 0 spiro atoms. The zero-order chi connectivity index (χ0) is 14.4. The molecule has 0 aliphatic carbocycles. The molecule has 1 aliphatic heterocycles. The minimum atomic E-state index is -0.545. The Labute approximate surface area is 119 Å². The zero-order valence-corrected chi connectivity index (χ0v) is 11.8. The quantitative estimate of drug-likeness (QED) is 0.857. The van der Waals surface area contributed by atoms with E-state index in [4.69, 9.17) is 15.2 Å². The molecule has 2 rings (SSSR count). The third-order valence-electron chi connectivity index (χ3n) is 3.61. The number of rotatable bonds is 5. The molecule has 1 saturated heterocycles. The molecule has 3 N–H and O–H groups in total. The number of amides is 1. The van der Waals surface area contributed by atoms with E-state index in [2.05, 4.69) is 5.32 Å². The van der Waals surface area contributed by atoms with Crippen molar-refractivity contribution in [2.45, 2.75) is 31.5 Å². The van der Waals surface area contributed by atoms with Crippen LogP contribution in [0.4, 0.5) is 5.69 Å². The SMILES string of the molecule is CC(OC1(CN)CCOCC1)C(=O)Nc1ccccc1. The summed E-state index contributed by atoms with van der Waals surface area (Å²) in [6.45, 7) is 3.42. The molecular formula is C15H22N2O3. The lowest BCUT2D eigenvalue weighted by molar-refractivity contribution is -0.153. The second-order valence-corrected chi connectivity index (χ2v) is 5.11. The predicted molar refractivity (Wildman–Crippen MR) is 77.5 cm³/mol. The lowest BCUT2D eigenvalue weighted by Crippen LogP contribution is -2.49. The second kappa shape index (κ2) is 6.83. The highest BCUT2D eigenvalue weighted by Crippen LogP contribution is 2.25. The topological polar surface area (TPSA) is 73.6 Å². The summed E-state index contributed by atoms with van der Waals surface area (Å²) in [4.78, 5) is 12.1. The molecule has 1 unspecified atom stereocenters. The number of carbonyl (C=O) groups excluding carboxylic acids is 1. The zero-order valence-electron chi connectivity index (χ0n) is 11.8. The van der Waals surface area contributed by atoms with Gasteiger partial charge in [0.1, 0.15) is 6.10 Å². The fourth-order valence-corrected chi connectivity index (χ4v) is 2.31. The van der Waals surface area contributed by atoms with E-state index in [0.717, 1.165) is 18.5 Å². The molecule has 0 aromatic heterocycles. The third kappa shape index (κ3) is 3.79. The van der Waals surface area contributed by atoms with Gasteiger partial charge in [-0.3, -0.25) is 4.79 Å². The summed E-state index contributed by atoms with van der Waals surface area (Å²) in [5.41, 5.74) is 6.15. The van der Waals surface area contributed by atoms with Crippen molar-refractivity contribution in [1.29, 1.82) is 0 Å². The molecule has 1 aromatic carbocycles. The average Bonchev–Trinajstić information content (AvgIpc) is 2.49. The lowest BCUT2D eigenvalue weighted by Gasteiger charge is -2.37. The molecule has 1 fully saturated rings. The Bertz CT molecular complexity index is 430. The van der Waals surface area contributed by atoms with Crippen molar-refractivity contribution < 1.29 is 14.3 Å². The van der Waals surface area contributed by atoms with Gasteiger partial charge in [-0.15, -0.1) is 0 Å². The van der Waals surface area contributed by atoms with Crippen LogP contribution in [0.25, 0.3) is 0 Å². The van der Waals surface area contributed by atoms with Gasteiger partial charge in [0.25, 0.3) is 5.91 Å². The largest absolute Gasteiger partial charge is 0.381 e. The van der Waals surface area contributed by atoms with Crippen LogP contribution in [0.15, 0.2) is 30.3 Å². The van der Waals surface area contributed by atoms with Crippen LogP contribution in [0.5, 0.6) is 0 Å². The van der Waals surface area contributed by atoms with Gasteiger partial charge in [-0.05, 0) is 19.1 Å². The normalized spacial score (nSPS) is 19.3. The molecule has 5 nitrogen and oxygen atoms in total. The number of carbonyl (C=O) groups is 1. The van der Waals surface area contributed by atoms with E-state index in [-0.39, 0.29) is 5.91 Å². The number of hydrogen-bond acceptors (Lipinski definition) is 4. The molecular weight excluding hydrogens is 256 g/mol. The molecule has 1 aromatic rings. The van der Waals surface area contributed by atoms with Gasteiger partial charge in [0.2, 0.25) is 0 Å². The van der Waals surface area contributed by atoms with E-state index in [9.17, 15) is 4.79 Å². The number of benzene rings is 1. The van der Waals surface area contributed by atoms with Crippen molar-refractivity contribution in [3.05, 3.63) is 30.3 Å². The van der Waals surface area contributed by atoms with Crippen LogP contribution in [0, 0.1) is 0 Å². The summed E-state index contributed by atoms with van der Waals surface area (Å²) in [5, 5.41) is 2.84. The molecule has 0 radical (unpaired) electrons. The number of anilines is 1. The van der Waals surface area contributed by atoms with Crippen LogP contribution < -0.4 is 11.1 Å². The van der Waals surface area contributed by atoms with Crippen LogP contribution in [0.3, 0.4) is 0 Å². The highest BCUT2D eigenvalue weighted by atomic mass is 16.5. The molecule has 1 atom stereocenters. The van der Waals surface area contributed by atoms with E-state index in [1.165, 1.54) is 0 Å². The van der Waals surface area contributed by atoms with Gasteiger partial charge in [0, 0.05) is 38.3 Å². The molecule has 0 saturated carbocycles. The maximum Gasteiger partial charge on any atom is 0.253 e. The summed E-state index contributed by atoms with van der Waals surface area (Å²) in [5.74, 6) is -0.157. The highest BCUT2D eigenvalue weighted by molar-refractivity contribution is 5.93. The first-order valence-electron chi connectivity index (χ1n) is 6.97. The van der Waals surface area contributed by atoms with Gasteiger partial charge in [0.05, 0.1) is 5.60 Å². The number of hydrogen-bond donors (Lipinski definition) is 2. The van der Waals surface area contributed by atoms with E-state index >= 15 is 0 Å². The summed E-state index contributed by atoms with van der Waals surface area (Å²) >= 11 is 0. The Kier molecular flexibility index (Phi) is 5.11. The summed E-state index contributed by atoms with van der Waals surface area (Å²) in [6, 6.07) is 9.35. The Balaban J connectivity index is 1.93. The first kappa shape index (κ1) is 15.0. The fraction of sp³-hybridized carbons (Fsp3) is 0.533. The molecule has 20 heavy (non-hydrogen) atoms. The monoisotopic (exact) mass is 278 g/mol. The average molecular weight is 278 g/mol. The molecule has 5 heteroatoms. The van der Waals surface area contributed by atoms with Gasteiger partial charge >= 0.3 is 0 Å². The molecule has 0 bridgehead atoms. The molecule has 1 aliphatic rings. The summed E-state index contributed by atoms with van der Waals surface area (Å²) in [7, 11) is 0. The van der Waals surface area contributed by atoms with Crippen molar-refractivity contribution in [2.24, 2.45) is 5.73 Å². The third-order valence-corrected chi connectivity index (χ3v) is 3.61. The van der Waals surface area contributed by atoms with Crippen LogP contribution >= 0.6 is 0 Å². The van der Waals surface area contributed by atoms with Gasteiger partial charge in [-0.25, -0.2) is 0 Å². The fourth-order valence-electron chi connectivity index (χ4n) is 2.31. The minimum Gasteiger partial charge on any atom is -0.381 e. The van der Waals surface area contributed by atoms with Gasteiger partial charge < -0.3 is 20.5 Å². The van der Waals surface area contributed by atoms with E-state index in [0.29, 0.717) is 19.8 Å². The summed E-state index contributed by atoms with van der Waals surface area (Å²) < 4.78 is 11.3. The van der Waals surface area contributed by atoms with Gasteiger partial charge in [-0.1, -0.05) is 18.2 Å². The first-order valence-corrected chi connectivity index (χ1v) is 6.97. The highest BCUT2D eigenvalue weighted by Gasteiger charge is 2.35. The number of ether oxygens (including phenoxy) is 2. The van der Waals surface area contributed by atoms with Crippen molar-refractivity contribution in [3.63, 3.8) is 0 Å². The van der Waals surface area contributed by atoms with Gasteiger partial charge in [0.15, 0.2) is 0 Å². The van der Waals surface area contributed by atoms with Crippen molar-refractivity contribution in [3.8, 4) is 0 Å². The number of nitrogens with one attached hydrogen (secondary N) is 1. The maximum atomic E-state index is 12.1. The summed E-state index contributed by atoms with van der Waals surface area (Å²) in [6.07, 6.45) is 0.913. The van der Waals surface area contributed by atoms with E-state index in [1.54, 1.807) is 6.92 Å². The Hall–Kier alpha value is -1.43. The predicted octanol–water partition coefficient (Wildman–Crippen LogP) is 1.54. The van der Waals surface area contributed by atoms with E-state index in [1.807, 2.05) is 30.3 Å². The van der Waals surface area contributed by atoms with Crippen LogP contribution in [0.1, 0.15) is 19.8 Å². The maximum absolute atomic E-state index is 12.1. The Morgan fingerprint density at radius 2 is 2.05 bits per heavy atom. The second-order valence-electron chi connectivity index (χ2n) is 5.11. The number of para-hydroxylation sites is 1. The molecule has 1 heterocycles. The molecule has 110 valence electrons. The molecule has 1 amide bonds. The van der Waals surface area contributed by atoms with Crippen LogP contribution in [-0.4, -0.2) is 37.4 Å². The lowest BCUT2D eigenvalue weighted by atomic mass is 9.94. The Morgan fingerprint density at radius 1 is 1.40 bits per heavy atom. The van der Waals surface area contributed by atoms with Crippen molar-refractivity contribution in [1.82, 2.24) is 0 Å². The minimum absolute atomic E-state index is 0.157. The smallest absolute Gasteiger partial charge is 0.253 e. The van der Waals surface area contributed by atoms with E-state index < -0.39 is 11.7 Å². The van der Waals surface area contributed by atoms with Crippen LogP contribution in [0.2, 0.25) is 0 Å². The standard InChI is InChI=1S/C15H22N2O3/c1-12(14(18)17-13-5-3-2-4-6-13)20-15(11-16)7-9-19-10-8-15/h2-6,12H,7-11,16H2,1H3,(H,17,18). The Morgan fingerprint density at radius 3 is 2.65 bits per heavy atom.